The van der Waals surface area contributed by atoms with E-state index in [0.717, 1.165) is 6.08 Å². The fourth-order valence-electron chi connectivity index (χ4n) is 1.07. The van der Waals surface area contributed by atoms with Crippen molar-refractivity contribution in [1.82, 2.24) is 0 Å². The highest BCUT2D eigenvalue weighted by molar-refractivity contribution is 5.92. The van der Waals surface area contributed by atoms with E-state index in [-0.39, 0.29) is 5.56 Å². The van der Waals surface area contributed by atoms with Crippen LogP contribution in [0.4, 0.5) is 0 Å². The molecule has 0 fully saturated rings. The minimum absolute atomic E-state index is 0.186. The van der Waals surface area contributed by atoms with Gasteiger partial charge in [0.15, 0.2) is 0 Å². The van der Waals surface area contributed by atoms with Crippen LogP contribution in [0, 0.1) is 0 Å². The summed E-state index contributed by atoms with van der Waals surface area (Å²) in [4.78, 5) is 30.8. The fraction of sp³-hybridized carbons (Fsp3) is 0.167. The van der Waals surface area contributed by atoms with Gasteiger partial charge in [-0.25, -0.2) is 19.4 Å². The predicted octanol–water partition coefficient (Wildman–Crippen LogP) is 1.89. The molecule has 0 aliphatic heterocycles. The third kappa shape index (κ3) is 3.64. The molecule has 5 heteroatoms. The minimum Gasteiger partial charge on any atom is -0.493 e. The summed E-state index contributed by atoms with van der Waals surface area (Å²) in [5.74, 6) is -1.27. The summed E-state index contributed by atoms with van der Waals surface area (Å²) in [7, 11) is 0. The summed E-state index contributed by atoms with van der Waals surface area (Å²) in [5, 5.41) is 0. The van der Waals surface area contributed by atoms with Crippen LogP contribution in [0.1, 0.15) is 17.3 Å². The summed E-state index contributed by atoms with van der Waals surface area (Å²) in [5.41, 5.74) is 0.186. The number of hydrogen-bond acceptors (Lipinski definition) is 5. The van der Waals surface area contributed by atoms with Crippen molar-refractivity contribution in [3.05, 3.63) is 42.5 Å². The van der Waals surface area contributed by atoms with Crippen LogP contribution in [0.2, 0.25) is 0 Å². The highest BCUT2D eigenvalue weighted by Gasteiger charge is 2.15. The van der Waals surface area contributed by atoms with Crippen LogP contribution in [0.15, 0.2) is 36.9 Å². The Kier molecular flexibility index (Phi) is 4.75. The number of carbonyl (C=O) groups is 2. The lowest BCUT2D eigenvalue weighted by Gasteiger charge is -2.07. The van der Waals surface area contributed by atoms with Crippen LogP contribution in [-0.4, -0.2) is 18.5 Å². The van der Waals surface area contributed by atoms with E-state index in [1.54, 1.807) is 25.1 Å². The quantitative estimate of drug-likeness (QED) is 0.454. The van der Waals surface area contributed by atoms with E-state index < -0.39 is 11.9 Å². The predicted molar refractivity (Wildman–Crippen MR) is 59.3 cm³/mol. The van der Waals surface area contributed by atoms with Gasteiger partial charge in [-0.2, -0.15) is 0 Å². The van der Waals surface area contributed by atoms with Crippen molar-refractivity contribution in [2.45, 2.75) is 6.92 Å². The largest absolute Gasteiger partial charge is 0.493 e. The normalized spacial score (nSPS) is 9.24. The third-order valence-electron chi connectivity index (χ3n) is 1.77. The number of hydrogen-bond donors (Lipinski definition) is 0. The molecule has 0 N–H and O–H groups in total. The van der Waals surface area contributed by atoms with Gasteiger partial charge in [0.1, 0.15) is 11.3 Å². The van der Waals surface area contributed by atoms with Crippen molar-refractivity contribution >= 4 is 11.9 Å². The zero-order valence-electron chi connectivity index (χ0n) is 9.34. The monoisotopic (exact) mass is 236 g/mol. The van der Waals surface area contributed by atoms with Crippen LogP contribution in [0.3, 0.4) is 0 Å². The molecule has 0 atom stereocenters. The molecular weight excluding hydrogens is 224 g/mol. The second-order valence-corrected chi connectivity index (χ2v) is 2.91. The molecule has 0 spiro atoms. The molecule has 0 unspecified atom stereocenters. The average molecular weight is 236 g/mol. The van der Waals surface area contributed by atoms with Crippen LogP contribution in [0.25, 0.3) is 0 Å². The zero-order valence-corrected chi connectivity index (χ0v) is 9.34. The van der Waals surface area contributed by atoms with Gasteiger partial charge in [-0.3, -0.25) is 0 Å². The molecule has 90 valence electrons. The standard InChI is InChI=1S/C12H12O5/c1-3-11(13)16-17-12(14)9-7-5-6-8-10(9)15-4-2/h3,5-8H,1,4H2,2H3. The fourth-order valence-corrected chi connectivity index (χ4v) is 1.07. The van der Waals surface area contributed by atoms with Gasteiger partial charge in [-0.1, -0.05) is 18.7 Å². The lowest BCUT2D eigenvalue weighted by Crippen LogP contribution is -2.11. The maximum Gasteiger partial charge on any atom is 0.390 e. The second-order valence-electron chi connectivity index (χ2n) is 2.91. The van der Waals surface area contributed by atoms with E-state index in [2.05, 4.69) is 16.4 Å². The van der Waals surface area contributed by atoms with E-state index in [9.17, 15) is 9.59 Å². The van der Waals surface area contributed by atoms with Crippen molar-refractivity contribution in [1.29, 1.82) is 0 Å². The number of carbonyl (C=O) groups excluding carboxylic acids is 2. The molecule has 0 aliphatic carbocycles. The first-order chi connectivity index (χ1) is 8.19. The average Bonchev–Trinajstić information content (AvgIpc) is 2.36. The summed E-state index contributed by atoms with van der Waals surface area (Å²) in [6.45, 7) is 5.37. The van der Waals surface area contributed by atoms with E-state index in [1.807, 2.05) is 0 Å². The first kappa shape index (κ1) is 12.8. The van der Waals surface area contributed by atoms with Gasteiger partial charge in [-0.15, -0.1) is 0 Å². The Labute approximate surface area is 98.5 Å². The number of rotatable bonds is 4. The molecule has 1 rings (SSSR count). The highest BCUT2D eigenvalue weighted by Crippen LogP contribution is 2.18. The van der Waals surface area contributed by atoms with Gasteiger partial charge in [0.2, 0.25) is 0 Å². The Morgan fingerprint density at radius 3 is 2.65 bits per heavy atom. The van der Waals surface area contributed by atoms with Crippen LogP contribution in [-0.2, 0) is 14.6 Å². The topological polar surface area (TPSA) is 61.8 Å². The molecular formula is C12H12O5. The smallest absolute Gasteiger partial charge is 0.390 e. The second kappa shape index (κ2) is 6.32. The maximum atomic E-state index is 11.5. The SMILES string of the molecule is C=CC(=O)OOC(=O)c1ccccc1OCC. The first-order valence-corrected chi connectivity index (χ1v) is 4.96. The minimum atomic E-state index is -0.841. The van der Waals surface area contributed by atoms with E-state index in [1.165, 1.54) is 6.07 Å². The van der Waals surface area contributed by atoms with Crippen molar-refractivity contribution in [3.8, 4) is 5.75 Å². The number of benzene rings is 1. The summed E-state index contributed by atoms with van der Waals surface area (Å²) in [6.07, 6.45) is 0.891. The molecule has 0 bridgehead atoms. The van der Waals surface area contributed by atoms with Crippen molar-refractivity contribution in [2.24, 2.45) is 0 Å². The molecule has 0 amide bonds. The lowest BCUT2D eigenvalue weighted by atomic mass is 10.2. The first-order valence-electron chi connectivity index (χ1n) is 4.96. The summed E-state index contributed by atoms with van der Waals surface area (Å²) < 4.78 is 5.23. The van der Waals surface area contributed by atoms with Gasteiger partial charge < -0.3 is 4.74 Å². The van der Waals surface area contributed by atoms with Gasteiger partial charge in [0, 0.05) is 6.08 Å². The maximum absolute atomic E-state index is 11.5. The van der Waals surface area contributed by atoms with Crippen LogP contribution < -0.4 is 4.74 Å². The molecule has 17 heavy (non-hydrogen) atoms. The van der Waals surface area contributed by atoms with Crippen molar-refractivity contribution in [2.75, 3.05) is 6.61 Å². The zero-order chi connectivity index (χ0) is 12.7. The Balaban J connectivity index is 2.74. The molecule has 5 nitrogen and oxygen atoms in total. The molecule has 0 saturated carbocycles. The number of para-hydroxylation sites is 1. The van der Waals surface area contributed by atoms with E-state index >= 15 is 0 Å². The van der Waals surface area contributed by atoms with E-state index in [4.69, 9.17) is 4.74 Å². The molecule has 0 saturated heterocycles. The van der Waals surface area contributed by atoms with Crippen LogP contribution in [0.5, 0.6) is 5.75 Å². The Bertz CT molecular complexity index is 425. The summed E-state index contributed by atoms with van der Waals surface area (Å²) >= 11 is 0. The van der Waals surface area contributed by atoms with Gasteiger partial charge in [0.25, 0.3) is 0 Å². The highest BCUT2D eigenvalue weighted by atomic mass is 17.2. The molecule has 0 radical (unpaired) electrons. The van der Waals surface area contributed by atoms with E-state index in [0.29, 0.717) is 12.4 Å². The lowest BCUT2D eigenvalue weighted by molar-refractivity contribution is -0.228. The Morgan fingerprint density at radius 1 is 1.29 bits per heavy atom. The third-order valence-corrected chi connectivity index (χ3v) is 1.77. The van der Waals surface area contributed by atoms with Crippen molar-refractivity contribution < 1.29 is 24.1 Å². The van der Waals surface area contributed by atoms with Crippen molar-refractivity contribution in [3.63, 3.8) is 0 Å². The number of ether oxygens (including phenoxy) is 1. The Hall–Kier alpha value is -2.30. The molecule has 1 aromatic rings. The van der Waals surface area contributed by atoms with Gasteiger partial charge in [-0.05, 0) is 19.1 Å². The molecule has 0 aromatic heterocycles. The molecule has 1 aromatic carbocycles. The van der Waals surface area contributed by atoms with Crippen LogP contribution >= 0.6 is 0 Å². The van der Waals surface area contributed by atoms with Gasteiger partial charge in [0.05, 0.1) is 6.61 Å². The molecule has 0 aliphatic rings. The molecule has 0 heterocycles. The van der Waals surface area contributed by atoms with Gasteiger partial charge >= 0.3 is 11.9 Å². The summed E-state index contributed by atoms with van der Waals surface area (Å²) in [6, 6.07) is 6.50. The Morgan fingerprint density at radius 2 is 2.00 bits per heavy atom.